The van der Waals surface area contributed by atoms with Crippen LogP contribution in [0, 0.1) is 5.92 Å². The van der Waals surface area contributed by atoms with E-state index in [0.29, 0.717) is 18.8 Å². The number of carbonyl (C=O) groups excluding carboxylic acids is 1. The standard InChI is InChI=1S/C16H17N7OS/c17-16-21-13(22-23-16)8-19-14(24)10-1-2-12-11(7-10)20-15(25-12)9-3-5-18-6-4-9/h3-6,10H,1-2,7-8H2,(H,19,24)(H3,17,21,22,23). The number of nitrogens with zero attached hydrogens (tertiary/aromatic N) is 4. The molecule has 0 radical (unpaired) electrons. The molecule has 0 aromatic carbocycles. The van der Waals surface area contributed by atoms with Crippen molar-refractivity contribution in [3.8, 4) is 10.6 Å². The number of nitrogen functional groups attached to an aromatic ring is 1. The zero-order valence-electron chi connectivity index (χ0n) is 13.4. The summed E-state index contributed by atoms with van der Waals surface area (Å²) in [6, 6.07) is 3.91. The first-order valence-electron chi connectivity index (χ1n) is 8.02. The van der Waals surface area contributed by atoms with Gasteiger partial charge in [-0.25, -0.2) is 4.98 Å². The molecule has 25 heavy (non-hydrogen) atoms. The summed E-state index contributed by atoms with van der Waals surface area (Å²) in [7, 11) is 0. The van der Waals surface area contributed by atoms with Crippen LogP contribution >= 0.6 is 11.3 Å². The number of anilines is 1. The molecule has 3 heterocycles. The zero-order valence-corrected chi connectivity index (χ0v) is 14.2. The molecule has 1 unspecified atom stereocenters. The number of aromatic amines is 1. The molecule has 4 N–H and O–H groups in total. The van der Waals surface area contributed by atoms with Crippen molar-refractivity contribution in [1.29, 1.82) is 0 Å². The topological polar surface area (TPSA) is 122 Å². The summed E-state index contributed by atoms with van der Waals surface area (Å²) in [4.78, 5) is 26.5. The first kappa shape index (κ1) is 15.7. The van der Waals surface area contributed by atoms with Crippen LogP contribution in [0.15, 0.2) is 24.5 Å². The van der Waals surface area contributed by atoms with Crippen molar-refractivity contribution in [3.05, 3.63) is 40.9 Å². The van der Waals surface area contributed by atoms with Crippen LogP contribution in [-0.2, 0) is 24.2 Å². The van der Waals surface area contributed by atoms with E-state index in [1.165, 1.54) is 4.88 Å². The quantitative estimate of drug-likeness (QED) is 0.649. The van der Waals surface area contributed by atoms with Gasteiger partial charge >= 0.3 is 0 Å². The van der Waals surface area contributed by atoms with E-state index in [9.17, 15) is 4.79 Å². The molecule has 4 rings (SSSR count). The lowest BCUT2D eigenvalue weighted by Crippen LogP contribution is -2.33. The van der Waals surface area contributed by atoms with Crippen molar-refractivity contribution < 1.29 is 4.79 Å². The maximum Gasteiger partial charge on any atom is 0.239 e. The number of thiazole rings is 1. The summed E-state index contributed by atoms with van der Waals surface area (Å²) in [6.07, 6.45) is 5.91. The summed E-state index contributed by atoms with van der Waals surface area (Å²) >= 11 is 1.71. The van der Waals surface area contributed by atoms with Gasteiger partial charge < -0.3 is 11.1 Å². The predicted molar refractivity (Wildman–Crippen MR) is 93.5 cm³/mol. The number of hydrogen-bond acceptors (Lipinski definition) is 7. The number of pyridine rings is 1. The van der Waals surface area contributed by atoms with Gasteiger partial charge in [0.05, 0.1) is 12.2 Å². The van der Waals surface area contributed by atoms with E-state index >= 15 is 0 Å². The lowest BCUT2D eigenvalue weighted by molar-refractivity contribution is -0.125. The number of aryl methyl sites for hydroxylation is 1. The number of nitrogens with two attached hydrogens (primary N) is 1. The molecule has 1 aliphatic rings. The molecule has 8 nitrogen and oxygen atoms in total. The van der Waals surface area contributed by atoms with E-state index in [-0.39, 0.29) is 17.8 Å². The van der Waals surface area contributed by atoms with Crippen LogP contribution in [-0.4, -0.2) is 31.1 Å². The van der Waals surface area contributed by atoms with Crippen LogP contribution in [0.2, 0.25) is 0 Å². The number of H-pyrrole nitrogens is 1. The van der Waals surface area contributed by atoms with Gasteiger partial charge in [-0.1, -0.05) is 0 Å². The smallest absolute Gasteiger partial charge is 0.239 e. The van der Waals surface area contributed by atoms with Gasteiger partial charge in [-0.15, -0.1) is 16.4 Å². The van der Waals surface area contributed by atoms with Crippen LogP contribution in [0.3, 0.4) is 0 Å². The zero-order chi connectivity index (χ0) is 17.2. The first-order valence-corrected chi connectivity index (χ1v) is 8.84. The predicted octanol–water partition coefficient (Wildman–Crippen LogP) is 1.33. The maximum absolute atomic E-state index is 12.4. The Labute approximate surface area is 147 Å². The van der Waals surface area contributed by atoms with Gasteiger partial charge in [0.1, 0.15) is 10.8 Å². The Morgan fingerprint density at radius 2 is 2.20 bits per heavy atom. The second-order valence-corrected chi connectivity index (χ2v) is 7.01. The Morgan fingerprint density at radius 1 is 1.36 bits per heavy atom. The third-order valence-corrected chi connectivity index (χ3v) is 5.42. The van der Waals surface area contributed by atoms with Crippen molar-refractivity contribution in [1.82, 2.24) is 30.5 Å². The highest BCUT2D eigenvalue weighted by Gasteiger charge is 2.27. The SMILES string of the molecule is Nc1n[nH]c(CNC(=O)C2CCc3sc(-c4ccncc4)nc3C2)n1. The summed E-state index contributed by atoms with van der Waals surface area (Å²) in [5.74, 6) is 0.674. The number of aromatic nitrogens is 5. The molecule has 0 aliphatic heterocycles. The largest absolute Gasteiger partial charge is 0.367 e. The van der Waals surface area contributed by atoms with Crippen molar-refractivity contribution >= 4 is 23.2 Å². The van der Waals surface area contributed by atoms with Gasteiger partial charge in [0, 0.05) is 35.2 Å². The Morgan fingerprint density at radius 3 is 2.96 bits per heavy atom. The summed E-state index contributed by atoms with van der Waals surface area (Å²) in [5, 5.41) is 10.3. The summed E-state index contributed by atoms with van der Waals surface area (Å²) in [6.45, 7) is 0.297. The molecule has 0 spiro atoms. The van der Waals surface area contributed by atoms with E-state index in [1.807, 2.05) is 12.1 Å². The Hall–Kier alpha value is -2.81. The molecular formula is C16H17N7OS. The normalized spacial score (nSPS) is 16.4. The minimum atomic E-state index is -0.0693. The average Bonchev–Trinajstić information content (AvgIpc) is 3.25. The fraction of sp³-hybridized carbons (Fsp3) is 0.312. The van der Waals surface area contributed by atoms with E-state index in [2.05, 4.69) is 25.5 Å². The molecule has 1 aliphatic carbocycles. The van der Waals surface area contributed by atoms with Crippen molar-refractivity contribution in [2.45, 2.75) is 25.8 Å². The van der Waals surface area contributed by atoms with E-state index < -0.39 is 0 Å². The highest BCUT2D eigenvalue weighted by Crippen LogP contribution is 2.34. The van der Waals surface area contributed by atoms with Crippen molar-refractivity contribution in [2.24, 2.45) is 5.92 Å². The van der Waals surface area contributed by atoms with Gasteiger partial charge in [0.25, 0.3) is 0 Å². The minimum absolute atomic E-state index is 0.0130. The molecule has 9 heteroatoms. The molecule has 1 amide bonds. The average molecular weight is 355 g/mol. The van der Waals surface area contributed by atoms with Gasteiger partial charge in [0.15, 0.2) is 0 Å². The monoisotopic (exact) mass is 355 g/mol. The molecule has 0 fully saturated rings. The number of nitrogens with one attached hydrogen (secondary N) is 2. The van der Waals surface area contributed by atoms with Crippen LogP contribution < -0.4 is 11.1 Å². The number of hydrogen-bond donors (Lipinski definition) is 3. The number of carbonyl (C=O) groups is 1. The Balaban J connectivity index is 1.42. The highest BCUT2D eigenvalue weighted by molar-refractivity contribution is 7.15. The second kappa shape index (κ2) is 6.60. The lowest BCUT2D eigenvalue weighted by Gasteiger charge is -2.20. The van der Waals surface area contributed by atoms with Crippen LogP contribution in [0.1, 0.15) is 22.8 Å². The summed E-state index contributed by atoms with van der Waals surface area (Å²) in [5.41, 5.74) is 7.56. The van der Waals surface area contributed by atoms with Crippen molar-refractivity contribution in [2.75, 3.05) is 5.73 Å². The molecule has 0 saturated carbocycles. The third kappa shape index (κ3) is 3.36. The molecular weight excluding hydrogens is 338 g/mol. The van der Waals surface area contributed by atoms with Gasteiger partial charge in [-0.05, 0) is 25.0 Å². The Kier molecular flexibility index (Phi) is 4.14. The van der Waals surface area contributed by atoms with Gasteiger partial charge in [-0.3, -0.25) is 14.9 Å². The fourth-order valence-electron chi connectivity index (χ4n) is 2.92. The third-order valence-electron chi connectivity index (χ3n) is 4.22. The lowest BCUT2D eigenvalue weighted by atomic mass is 9.90. The number of amides is 1. The van der Waals surface area contributed by atoms with Gasteiger partial charge in [0.2, 0.25) is 11.9 Å². The molecule has 3 aromatic heterocycles. The highest BCUT2D eigenvalue weighted by atomic mass is 32.1. The van der Waals surface area contributed by atoms with E-state index in [1.54, 1.807) is 23.7 Å². The van der Waals surface area contributed by atoms with Crippen LogP contribution in [0.25, 0.3) is 10.6 Å². The van der Waals surface area contributed by atoms with Crippen LogP contribution in [0.4, 0.5) is 5.95 Å². The number of fused-ring (bicyclic) bond motifs is 1. The molecule has 3 aromatic rings. The van der Waals surface area contributed by atoms with E-state index in [4.69, 9.17) is 10.7 Å². The fourth-order valence-corrected chi connectivity index (χ4v) is 4.03. The molecule has 0 saturated heterocycles. The molecule has 128 valence electrons. The summed E-state index contributed by atoms with van der Waals surface area (Å²) < 4.78 is 0. The Bertz CT molecular complexity index is 889. The second-order valence-electron chi connectivity index (χ2n) is 5.92. The molecule has 0 bridgehead atoms. The first-order chi connectivity index (χ1) is 12.2. The number of rotatable bonds is 4. The minimum Gasteiger partial charge on any atom is -0.367 e. The van der Waals surface area contributed by atoms with Crippen LogP contribution in [0.5, 0.6) is 0 Å². The molecule has 1 atom stereocenters. The van der Waals surface area contributed by atoms with Gasteiger partial charge in [-0.2, -0.15) is 4.98 Å². The van der Waals surface area contributed by atoms with E-state index in [0.717, 1.165) is 29.1 Å². The van der Waals surface area contributed by atoms with Crippen molar-refractivity contribution in [3.63, 3.8) is 0 Å². The maximum atomic E-state index is 12.4.